The van der Waals surface area contributed by atoms with Crippen LogP contribution in [0.3, 0.4) is 0 Å². The fourth-order valence-corrected chi connectivity index (χ4v) is 14.0. The molecule has 0 aliphatic carbocycles. The van der Waals surface area contributed by atoms with E-state index < -0.39 is 34.1 Å². The molecule has 0 spiro atoms. The Morgan fingerprint density at radius 3 is 2.31 bits per heavy atom. The summed E-state index contributed by atoms with van der Waals surface area (Å²) in [5.74, 6) is -0.146. The topological polar surface area (TPSA) is 156 Å². The molecule has 23 atom stereocenters. The lowest BCUT2D eigenvalue weighted by Crippen LogP contribution is -2.70. The molecule has 14 nitrogen and oxygen atoms in total. The summed E-state index contributed by atoms with van der Waals surface area (Å²) in [7, 11) is 0. The van der Waals surface area contributed by atoms with Crippen LogP contribution in [0.2, 0.25) is 0 Å². The summed E-state index contributed by atoms with van der Waals surface area (Å²) in [6.45, 7) is 18.7. The van der Waals surface area contributed by atoms with Gasteiger partial charge in [0.15, 0.2) is 0 Å². The molecular formula is C50H70O14. The van der Waals surface area contributed by atoms with Gasteiger partial charge in [0.1, 0.15) is 30.2 Å². The predicted octanol–water partition coefficient (Wildman–Crippen LogP) is 5.47. The predicted molar refractivity (Wildman–Crippen MR) is 228 cm³/mol. The number of aldehydes is 1. The van der Waals surface area contributed by atoms with Crippen LogP contribution in [0.25, 0.3) is 0 Å². The van der Waals surface area contributed by atoms with Gasteiger partial charge < -0.3 is 57.2 Å². The molecule has 0 aromatic rings. The van der Waals surface area contributed by atoms with Gasteiger partial charge in [-0.3, -0.25) is 4.79 Å². The highest BCUT2D eigenvalue weighted by Crippen LogP contribution is 2.55. The van der Waals surface area contributed by atoms with Crippen molar-refractivity contribution < 1.29 is 66.8 Å². The Morgan fingerprint density at radius 2 is 1.50 bits per heavy atom. The fourth-order valence-electron chi connectivity index (χ4n) is 14.0. The molecule has 14 heteroatoms. The summed E-state index contributed by atoms with van der Waals surface area (Å²) in [5, 5.41) is 11.4. The Labute approximate surface area is 377 Å². The van der Waals surface area contributed by atoms with Crippen LogP contribution in [0.1, 0.15) is 126 Å². The first-order chi connectivity index (χ1) is 30.4. The zero-order valence-electron chi connectivity index (χ0n) is 38.6. The summed E-state index contributed by atoms with van der Waals surface area (Å²) in [6, 6.07) is 0. The first kappa shape index (κ1) is 44.4. The highest BCUT2D eigenvalue weighted by atomic mass is 16.7. The van der Waals surface area contributed by atoms with Crippen LogP contribution in [0.4, 0.5) is 0 Å². The van der Waals surface area contributed by atoms with E-state index in [1.807, 2.05) is 13.8 Å². The number of aliphatic hydroxyl groups is 1. The van der Waals surface area contributed by atoms with Crippen molar-refractivity contribution in [3.05, 3.63) is 36.0 Å². The van der Waals surface area contributed by atoms with E-state index in [1.54, 1.807) is 6.08 Å². The van der Waals surface area contributed by atoms with Gasteiger partial charge in [0.05, 0.1) is 108 Å². The molecule has 64 heavy (non-hydrogen) atoms. The van der Waals surface area contributed by atoms with Crippen molar-refractivity contribution in [3.63, 3.8) is 0 Å². The fraction of sp³-hybridized carbons (Fsp3) is 0.840. The Morgan fingerprint density at radius 1 is 0.734 bits per heavy atom. The van der Waals surface area contributed by atoms with Gasteiger partial charge in [0, 0.05) is 57.4 Å². The van der Waals surface area contributed by atoms with Crippen LogP contribution in [0.5, 0.6) is 0 Å². The zero-order chi connectivity index (χ0) is 44.7. The number of hydrogen-bond donors (Lipinski definition) is 1. The second-order valence-corrected chi connectivity index (χ2v) is 22.7. The van der Waals surface area contributed by atoms with Gasteiger partial charge in [0.2, 0.25) is 0 Å². The van der Waals surface area contributed by atoms with Gasteiger partial charge >= 0.3 is 5.97 Å². The van der Waals surface area contributed by atoms with Crippen LogP contribution >= 0.6 is 0 Å². The molecule has 0 saturated carbocycles. The molecule has 11 aliphatic rings. The molecule has 0 aromatic heterocycles. The maximum Gasteiger partial charge on any atom is 0.331 e. The number of aliphatic hydroxyl groups excluding tert-OH is 1. The van der Waals surface area contributed by atoms with Crippen LogP contribution in [-0.4, -0.2) is 149 Å². The molecule has 11 rings (SSSR count). The molecule has 9 fully saturated rings. The Hall–Kier alpha value is -2.08. The smallest absolute Gasteiger partial charge is 0.331 e. The van der Waals surface area contributed by atoms with Crippen molar-refractivity contribution >= 4 is 12.3 Å². The maximum atomic E-state index is 12.3. The lowest BCUT2D eigenvalue weighted by atomic mass is 9.72. The van der Waals surface area contributed by atoms with E-state index in [2.05, 4.69) is 53.3 Å². The quantitative estimate of drug-likeness (QED) is 0.165. The lowest BCUT2D eigenvalue weighted by molar-refractivity contribution is -0.356. The van der Waals surface area contributed by atoms with E-state index in [4.69, 9.17) is 52.1 Å². The normalized spacial score (nSPS) is 56.9. The Kier molecular flexibility index (Phi) is 10.9. The van der Waals surface area contributed by atoms with E-state index in [0.29, 0.717) is 63.4 Å². The average Bonchev–Trinajstić information content (AvgIpc) is 3.43. The molecule has 0 aromatic carbocycles. The van der Waals surface area contributed by atoms with Crippen molar-refractivity contribution in [2.24, 2.45) is 5.92 Å². The van der Waals surface area contributed by atoms with E-state index in [-0.39, 0.29) is 110 Å². The van der Waals surface area contributed by atoms with Gasteiger partial charge in [-0.1, -0.05) is 25.7 Å². The maximum absolute atomic E-state index is 12.3. The first-order valence-electron chi connectivity index (χ1n) is 24.4. The number of carbonyl (C=O) groups excluding carboxylic acids is 2. The molecule has 11 heterocycles. The van der Waals surface area contributed by atoms with Crippen LogP contribution in [0, 0.1) is 5.92 Å². The third kappa shape index (κ3) is 7.38. The Bertz CT molecular complexity index is 1940. The summed E-state index contributed by atoms with van der Waals surface area (Å²) >= 11 is 0. The van der Waals surface area contributed by atoms with E-state index in [0.717, 1.165) is 31.1 Å². The third-order valence-electron chi connectivity index (χ3n) is 17.8. The van der Waals surface area contributed by atoms with Crippen molar-refractivity contribution in [2.75, 3.05) is 0 Å². The minimum atomic E-state index is -0.911. The molecule has 0 amide bonds. The molecule has 0 radical (unpaired) electrons. The third-order valence-corrected chi connectivity index (χ3v) is 17.8. The van der Waals surface area contributed by atoms with E-state index in [1.165, 1.54) is 0 Å². The molecule has 11 aliphatic heterocycles. The van der Waals surface area contributed by atoms with Gasteiger partial charge in [-0.15, -0.1) is 0 Å². The number of fused-ring (bicyclic) bond motifs is 10. The number of esters is 1. The molecule has 0 bridgehead atoms. The molecule has 9 unspecified atom stereocenters. The van der Waals surface area contributed by atoms with Gasteiger partial charge in [-0.2, -0.15) is 0 Å². The number of carbonyl (C=O) groups is 2. The van der Waals surface area contributed by atoms with Crippen molar-refractivity contribution in [1.82, 2.24) is 0 Å². The average molecular weight is 895 g/mol. The van der Waals surface area contributed by atoms with Crippen LogP contribution in [0.15, 0.2) is 36.0 Å². The van der Waals surface area contributed by atoms with E-state index >= 15 is 0 Å². The molecule has 1 N–H and O–H groups in total. The lowest BCUT2D eigenvalue weighted by Gasteiger charge is -2.60. The second kappa shape index (κ2) is 15.7. The van der Waals surface area contributed by atoms with Gasteiger partial charge in [-0.05, 0) is 84.3 Å². The van der Waals surface area contributed by atoms with Crippen molar-refractivity contribution in [2.45, 2.75) is 257 Å². The highest BCUT2D eigenvalue weighted by Gasteiger charge is 2.64. The monoisotopic (exact) mass is 894 g/mol. The Balaban J connectivity index is 0.776. The molecule has 354 valence electrons. The number of ether oxygens (including phenoxy) is 11. The minimum absolute atomic E-state index is 0.116. The number of rotatable bonds is 3. The SMILES string of the molecule is C=C(C=O)C[C@@H]1C[C@H](O)[C@]2(C)O[C@@H]3C[C@@H]4O[C@@H]5C[C@]6(C)O[C@]7(C)CC[C@@H]8O[C@@H]9C[C@]%10(C)O[C@@H]%11C(C)=CC(=O)OC%11CC%10OC9C[C@@H](C)C8OC7CC6O[C@@]5(C)C/C=C\C4OC3CC2O1. The summed E-state index contributed by atoms with van der Waals surface area (Å²) in [6.07, 6.45) is 9.57. The van der Waals surface area contributed by atoms with Crippen LogP contribution in [-0.2, 0) is 61.7 Å². The van der Waals surface area contributed by atoms with Crippen LogP contribution < -0.4 is 0 Å². The summed E-state index contributed by atoms with van der Waals surface area (Å²) in [4.78, 5) is 23.6. The van der Waals surface area contributed by atoms with Crippen molar-refractivity contribution in [3.8, 4) is 0 Å². The first-order valence-corrected chi connectivity index (χ1v) is 24.4. The molecular weight excluding hydrogens is 825 g/mol. The number of hydrogen-bond acceptors (Lipinski definition) is 14. The minimum Gasteiger partial charge on any atom is -0.456 e. The summed E-state index contributed by atoms with van der Waals surface area (Å²) < 4.78 is 75.6. The standard InChI is InChI=1S/C50H70O14/c1-25(24-51)14-28-17-37(52)50(8)41(54-28)19-33-34(61-50)18-32-29(55-33)10-9-12-46(4)42(58-32)23-49(7)40(62-46)21-39-47(5,64-49)13-11-30-44(60-39)26(2)15-31-36(56-30)22-48(6)38(57-31)20-35-45(63-48)27(3)16-43(53)59-35/h9-10,16,24,26,28-42,44-45,52H,1,11-15,17-23H2,2-8H3/b10-9-/t26-,28-,29?,30+,31?,32+,33?,34-,35?,36-,37+,38?,39?,40?,41?,42-,44?,45-,46+,47-,48+,49+,50+/m1/s1. The van der Waals surface area contributed by atoms with Crippen molar-refractivity contribution in [1.29, 1.82) is 0 Å². The zero-order valence-corrected chi connectivity index (χ0v) is 38.6. The second-order valence-electron chi connectivity index (χ2n) is 22.7. The molecule has 9 saturated heterocycles. The largest absolute Gasteiger partial charge is 0.456 e. The summed E-state index contributed by atoms with van der Waals surface area (Å²) in [5.41, 5.74) is -1.96. The van der Waals surface area contributed by atoms with E-state index in [9.17, 15) is 14.7 Å². The van der Waals surface area contributed by atoms with Gasteiger partial charge in [-0.25, -0.2) is 4.79 Å². The highest BCUT2D eigenvalue weighted by molar-refractivity contribution is 5.84. The van der Waals surface area contributed by atoms with Gasteiger partial charge in [0.25, 0.3) is 0 Å².